The number of ether oxygens (including phenoxy) is 1. The zero-order chi connectivity index (χ0) is 26.1. The average molecular weight is 560 g/mol. The fraction of sp³-hybridized carbons (Fsp3) is 0.360. The number of carboxylic acid groups (broad SMARTS) is 1. The van der Waals surface area contributed by atoms with Gasteiger partial charge in [0.2, 0.25) is 0 Å². The number of thiophene rings is 1. The molecule has 9 nitrogen and oxygen atoms in total. The Kier molecular flexibility index (Phi) is 7.47. The molecule has 3 aromatic heterocycles. The summed E-state index contributed by atoms with van der Waals surface area (Å²) in [6, 6.07) is 9.15. The Balaban J connectivity index is 1.43. The van der Waals surface area contributed by atoms with Gasteiger partial charge in [0.15, 0.2) is 5.82 Å². The number of hydrogen-bond donors (Lipinski definition) is 2. The number of halogens is 1. The van der Waals surface area contributed by atoms with Crippen LogP contribution in [0.5, 0.6) is 5.75 Å². The highest BCUT2D eigenvalue weighted by Crippen LogP contribution is 2.34. The van der Waals surface area contributed by atoms with Crippen molar-refractivity contribution in [1.82, 2.24) is 24.8 Å². The molecule has 1 amide bonds. The molecule has 1 fully saturated rings. The fourth-order valence-corrected chi connectivity index (χ4v) is 6.50. The van der Waals surface area contributed by atoms with E-state index in [1.807, 2.05) is 16.7 Å². The van der Waals surface area contributed by atoms with Gasteiger partial charge in [-0.3, -0.25) is 4.79 Å². The standard InChI is InChI=1S/C25H26ClN5O4S2/c1-14(2)30-9-7-15(8-10-30)28-23(32)22-29-18-11-16(35-25(33)34)3-4-19(18)31(22)13-17-12-27-24(36-17)20-5-6-21(26)37-20/h3-6,11-12,14-15H,7-10,13H2,1-2H3,(H,28,32)(H,33,34). The summed E-state index contributed by atoms with van der Waals surface area (Å²) in [7, 11) is 0. The molecule has 2 N–H and O–H groups in total. The van der Waals surface area contributed by atoms with Crippen molar-refractivity contribution in [2.75, 3.05) is 13.1 Å². The van der Waals surface area contributed by atoms with E-state index in [1.165, 1.54) is 28.7 Å². The van der Waals surface area contributed by atoms with Gasteiger partial charge in [0.05, 0.1) is 26.8 Å². The number of likely N-dealkylation sites (tertiary alicyclic amines) is 1. The molecule has 12 heteroatoms. The number of nitrogens with zero attached hydrogens (tertiary/aromatic N) is 4. The topological polar surface area (TPSA) is 110 Å². The number of aromatic nitrogens is 3. The number of fused-ring (bicyclic) bond motifs is 1. The van der Waals surface area contributed by atoms with E-state index in [1.54, 1.807) is 18.3 Å². The van der Waals surface area contributed by atoms with Crippen LogP contribution in [-0.4, -0.2) is 61.8 Å². The van der Waals surface area contributed by atoms with Crippen LogP contribution in [0.4, 0.5) is 4.79 Å². The van der Waals surface area contributed by atoms with Crippen molar-refractivity contribution in [3.63, 3.8) is 0 Å². The van der Waals surface area contributed by atoms with Gasteiger partial charge in [-0.2, -0.15) is 0 Å². The molecule has 0 bridgehead atoms. The van der Waals surface area contributed by atoms with Crippen LogP contribution >= 0.6 is 34.3 Å². The van der Waals surface area contributed by atoms with Gasteiger partial charge < -0.3 is 24.6 Å². The Hall–Kier alpha value is -2.99. The van der Waals surface area contributed by atoms with E-state index in [0.29, 0.717) is 28.0 Å². The van der Waals surface area contributed by atoms with Gasteiger partial charge in [-0.25, -0.2) is 14.8 Å². The third kappa shape index (κ3) is 5.80. The first kappa shape index (κ1) is 25.7. The minimum absolute atomic E-state index is 0.0697. The molecule has 1 saturated heterocycles. The summed E-state index contributed by atoms with van der Waals surface area (Å²) in [5.41, 5.74) is 1.18. The summed E-state index contributed by atoms with van der Waals surface area (Å²) in [6.07, 6.45) is 2.14. The van der Waals surface area contributed by atoms with Crippen molar-refractivity contribution in [3.05, 3.63) is 51.6 Å². The third-order valence-electron chi connectivity index (χ3n) is 6.37. The summed E-state index contributed by atoms with van der Waals surface area (Å²) >= 11 is 9.08. The lowest BCUT2D eigenvalue weighted by Gasteiger charge is -2.34. The lowest BCUT2D eigenvalue weighted by molar-refractivity contribution is 0.0886. The van der Waals surface area contributed by atoms with Crippen molar-refractivity contribution in [2.24, 2.45) is 0 Å². The number of benzene rings is 1. The number of rotatable bonds is 7. The van der Waals surface area contributed by atoms with Crippen LogP contribution in [-0.2, 0) is 6.54 Å². The first-order valence-electron chi connectivity index (χ1n) is 11.9. The largest absolute Gasteiger partial charge is 0.511 e. The normalized spacial score (nSPS) is 14.9. The van der Waals surface area contributed by atoms with Gasteiger partial charge in [-0.1, -0.05) is 11.6 Å². The maximum Gasteiger partial charge on any atom is 0.511 e. The molecule has 37 heavy (non-hydrogen) atoms. The Labute approximate surface area is 226 Å². The second-order valence-electron chi connectivity index (χ2n) is 9.15. The first-order valence-corrected chi connectivity index (χ1v) is 13.9. The number of carbonyl (C=O) groups is 2. The fourth-order valence-electron chi connectivity index (χ4n) is 4.50. The highest BCUT2D eigenvalue weighted by Gasteiger charge is 2.25. The van der Waals surface area contributed by atoms with E-state index in [9.17, 15) is 9.59 Å². The number of piperidine rings is 1. The highest BCUT2D eigenvalue weighted by atomic mass is 35.5. The number of hydrogen-bond acceptors (Lipinski definition) is 8. The third-order valence-corrected chi connectivity index (χ3v) is 8.76. The molecule has 1 aliphatic rings. The van der Waals surface area contributed by atoms with E-state index in [4.69, 9.17) is 21.4 Å². The Morgan fingerprint density at radius 2 is 2.00 bits per heavy atom. The van der Waals surface area contributed by atoms with Crippen LogP contribution in [0.2, 0.25) is 4.34 Å². The predicted molar refractivity (Wildman–Crippen MR) is 145 cm³/mol. The Morgan fingerprint density at radius 1 is 1.22 bits per heavy atom. The van der Waals surface area contributed by atoms with E-state index >= 15 is 0 Å². The molecule has 0 saturated carbocycles. The minimum Gasteiger partial charge on any atom is -0.449 e. The Morgan fingerprint density at radius 3 is 2.68 bits per heavy atom. The highest BCUT2D eigenvalue weighted by molar-refractivity contribution is 7.23. The van der Waals surface area contributed by atoms with Crippen molar-refractivity contribution in [3.8, 4) is 15.6 Å². The molecular weight excluding hydrogens is 534 g/mol. The van der Waals surface area contributed by atoms with Crippen LogP contribution in [0.1, 0.15) is 42.2 Å². The first-order chi connectivity index (χ1) is 17.8. The second-order valence-corrected chi connectivity index (χ2v) is 12.0. The van der Waals surface area contributed by atoms with E-state index in [-0.39, 0.29) is 23.5 Å². The van der Waals surface area contributed by atoms with Crippen LogP contribution in [0.15, 0.2) is 36.5 Å². The molecule has 4 aromatic rings. The van der Waals surface area contributed by atoms with Gasteiger partial charge in [0, 0.05) is 42.3 Å². The lowest BCUT2D eigenvalue weighted by Crippen LogP contribution is -2.47. The lowest BCUT2D eigenvalue weighted by atomic mass is 10.0. The van der Waals surface area contributed by atoms with E-state index in [2.05, 4.69) is 34.0 Å². The average Bonchev–Trinajstić information content (AvgIpc) is 3.58. The maximum absolute atomic E-state index is 13.4. The number of imidazole rings is 1. The SMILES string of the molecule is CC(C)N1CCC(NC(=O)c2nc3cc(OC(=O)O)ccc3n2Cc2cnc(-c3ccc(Cl)s3)s2)CC1. The Bertz CT molecular complexity index is 1440. The van der Waals surface area contributed by atoms with Crippen LogP contribution in [0.3, 0.4) is 0 Å². The van der Waals surface area contributed by atoms with Crippen molar-refractivity contribution in [1.29, 1.82) is 0 Å². The van der Waals surface area contributed by atoms with Crippen LogP contribution in [0, 0.1) is 0 Å². The van der Waals surface area contributed by atoms with Crippen LogP contribution < -0.4 is 10.1 Å². The van der Waals surface area contributed by atoms with Crippen molar-refractivity contribution < 1.29 is 19.4 Å². The molecule has 0 unspecified atom stereocenters. The number of amides is 1. The van der Waals surface area contributed by atoms with Gasteiger partial charge >= 0.3 is 6.16 Å². The molecule has 0 aliphatic carbocycles. The number of thiazole rings is 1. The number of carbonyl (C=O) groups excluding carboxylic acids is 1. The zero-order valence-corrected chi connectivity index (χ0v) is 22.7. The van der Waals surface area contributed by atoms with Gasteiger partial charge in [0.1, 0.15) is 10.8 Å². The summed E-state index contributed by atoms with van der Waals surface area (Å²) in [4.78, 5) is 37.9. The van der Waals surface area contributed by atoms with Gasteiger partial charge in [-0.05, 0) is 51.0 Å². The molecule has 1 aromatic carbocycles. The second kappa shape index (κ2) is 10.8. The molecule has 4 heterocycles. The van der Waals surface area contributed by atoms with Crippen molar-refractivity contribution >= 4 is 57.4 Å². The summed E-state index contributed by atoms with van der Waals surface area (Å²) in [6.45, 7) is 6.63. The smallest absolute Gasteiger partial charge is 0.449 e. The van der Waals surface area contributed by atoms with Gasteiger partial charge in [-0.15, -0.1) is 22.7 Å². The molecule has 0 radical (unpaired) electrons. The molecule has 194 valence electrons. The molecule has 5 rings (SSSR count). The van der Waals surface area contributed by atoms with Crippen LogP contribution in [0.25, 0.3) is 20.9 Å². The monoisotopic (exact) mass is 559 g/mol. The molecule has 1 aliphatic heterocycles. The maximum atomic E-state index is 13.4. The van der Waals surface area contributed by atoms with E-state index in [0.717, 1.165) is 40.7 Å². The molecule has 0 spiro atoms. The molecular formula is C25H26ClN5O4S2. The van der Waals surface area contributed by atoms with E-state index < -0.39 is 6.16 Å². The predicted octanol–water partition coefficient (Wildman–Crippen LogP) is 5.58. The molecule has 0 atom stereocenters. The summed E-state index contributed by atoms with van der Waals surface area (Å²) in [5.74, 6) is 0.157. The number of nitrogens with one attached hydrogen (secondary N) is 1. The summed E-state index contributed by atoms with van der Waals surface area (Å²) < 4.78 is 7.34. The van der Waals surface area contributed by atoms with Crippen molar-refractivity contribution in [2.45, 2.75) is 45.3 Å². The minimum atomic E-state index is -1.41. The van der Waals surface area contributed by atoms with Gasteiger partial charge in [0.25, 0.3) is 5.91 Å². The zero-order valence-electron chi connectivity index (χ0n) is 20.3. The summed E-state index contributed by atoms with van der Waals surface area (Å²) in [5, 5.41) is 13.0. The quantitative estimate of drug-likeness (QED) is 0.224.